The highest BCUT2D eigenvalue weighted by Crippen LogP contribution is 2.45. The average Bonchev–Trinajstić information content (AvgIpc) is 3.22. The SMILES string of the molecule is COc1cc2c(c(OC)c1)-c1c(-c3ccsc3)ccn1CC2. The molecule has 4 heteroatoms. The number of benzene rings is 1. The highest BCUT2D eigenvalue weighted by molar-refractivity contribution is 7.08. The van der Waals surface area contributed by atoms with E-state index in [0.29, 0.717) is 0 Å². The van der Waals surface area contributed by atoms with E-state index in [1.54, 1.807) is 25.6 Å². The molecule has 3 nitrogen and oxygen atoms in total. The number of aryl methyl sites for hydroxylation is 2. The van der Waals surface area contributed by atoms with Crippen molar-refractivity contribution in [3.8, 4) is 33.9 Å². The van der Waals surface area contributed by atoms with Gasteiger partial charge in [0, 0.05) is 29.9 Å². The van der Waals surface area contributed by atoms with Crippen molar-refractivity contribution in [2.24, 2.45) is 0 Å². The summed E-state index contributed by atoms with van der Waals surface area (Å²) in [5, 5.41) is 4.31. The van der Waals surface area contributed by atoms with Gasteiger partial charge >= 0.3 is 0 Å². The highest BCUT2D eigenvalue weighted by Gasteiger charge is 2.24. The lowest BCUT2D eigenvalue weighted by Gasteiger charge is -2.23. The van der Waals surface area contributed by atoms with Crippen molar-refractivity contribution >= 4 is 11.3 Å². The maximum absolute atomic E-state index is 5.66. The molecule has 3 aromatic rings. The van der Waals surface area contributed by atoms with Crippen molar-refractivity contribution in [1.82, 2.24) is 4.57 Å². The van der Waals surface area contributed by atoms with Crippen LogP contribution in [0.4, 0.5) is 0 Å². The Morgan fingerprint density at radius 3 is 2.77 bits per heavy atom. The summed E-state index contributed by atoms with van der Waals surface area (Å²) < 4.78 is 13.4. The molecular formula is C18H17NO2S. The number of aromatic nitrogens is 1. The van der Waals surface area contributed by atoms with Gasteiger partial charge in [-0.2, -0.15) is 11.3 Å². The van der Waals surface area contributed by atoms with Crippen molar-refractivity contribution in [3.63, 3.8) is 0 Å². The number of hydrogen-bond acceptors (Lipinski definition) is 3. The first kappa shape index (κ1) is 13.5. The predicted octanol–water partition coefficient (Wildman–Crippen LogP) is 4.46. The molecule has 112 valence electrons. The lowest BCUT2D eigenvalue weighted by molar-refractivity contribution is 0.393. The normalized spacial score (nSPS) is 12.6. The van der Waals surface area contributed by atoms with Gasteiger partial charge < -0.3 is 14.0 Å². The van der Waals surface area contributed by atoms with E-state index in [9.17, 15) is 0 Å². The molecule has 0 radical (unpaired) electrons. The second-order valence-corrected chi connectivity index (χ2v) is 6.18. The predicted molar refractivity (Wildman–Crippen MR) is 90.0 cm³/mol. The zero-order chi connectivity index (χ0) is 15.1. The Bertz CT molecular complexity index is 801. The van der Waals surface area contributed by atoms with Gasteiger partial charge in [-0.3, -0.25) is 0 Å². The Morgan fingerprint density at radius 1 is 1.14 bits per heavy atom. The van der Waals surface area contributed by atoms with Crippen LogP contribution in [0.25, 0.3) is 22.4 Å². The fraction of sp³-hybridized carbons (Fsp3) is 0.222. The van der Waals surface area contributed by atoms with Crippen LogP contribution < -0.4 is 9.47 Å². The summed E-state index contributed by atoms with van der Waals surface area (Å²) in [5.41, 5.74) is 6.27. The largest absolute Gasteiger partial charge is 0.497 e. The smallest absolute Gasteiger partial charge is 0.132 e. The number of hydrogen-bond donors (Lipinski definition) is 0. The molecule has 0 N–H and O–H groups in total. The van der Waals surface area contributed by atoms with Gasteiger partial charge in [-0.1, -0.05) is 0 Å². The first-order valence-electron chi connectivity index (χ1n) is 7.29. The molecule has 0 fully saturated rings. The lowest BCUT2D eigenvalue weighted by Crippen LogP contribution is -2.11. The molecule has 0 saturated carbocycles. The van der Waals surface area contributed by atoms with Crippen LogP contribution in [0, 0.1) is 0 Å². The summed E-state index contributed by atoms with van der Waals surface area (Å²) in [7, 11) is 3.42. The molecule has 0 unspecified atom stereocenters. The Hall–Kier alpha value is -2.20. The number of rotatable bonds is 3. The molecule has 1 aliphatic rings. The molecule has 0 amide bonds. The third-order valence-corrected chi connectivity index (χ3v) is 4.95. The molecule has 3 heterocycles. The van der Waals surface area contributed by atoms with Gasteiger partial charge in [0.1, 0.15) is 11.5 Å². The van der Waals surface area contributed by atoms with Gasteiger partial charge in [-0.15, -0.1) is 0 Å². The van der Waals surface area contributed by atoms with Crippen LogP contribution in [0.3, 0.4) is 0 Å². The zero-order valence-corrected chi connectivity index (χ0v) is 13.4. The zero-order valence-electron chi connectivity index (χ0n) is 12.6. The van der Waals surface area contributed by atoms with Crippen molar-refractivity contribution < 1.29 is 9.47 Å². The fourth-order valence-corrected chi connectivity index (χ4v) is 3.87. The summed E-state index contributed by atoms with van der Waals surface area (Å²) in [6, 6.07) is 8.48. The lowest BCUT2D eigenvalue weighted by atomic mass is 9.93. The van der Waals surface area contributed by atoms with Gasteiger partial charge in [0.25, 0.3) is 0 Å². The molecule has 0 bridgehead atoms. The Labute approximate surface area is 133 Å². The van der Waals surface area contributed by atoms with Gasteiger partial charge in [-0.25, -0.2) is 0 Å². The van der Waals surface area contributed by atoms with Crippen molar-refractivity contribution in [1.29, 1.82) is 0 Å². The van der Waals surface area contributed by atoms with E-state index in [1.165, 1.54) is 27.9 Å². The number of ether oxygens (including phenoxy) is 2. The van der Waals surface area contributed by atoms with E-state index >= 15 is 0 Å². The Balaban J connectivity index is 1.98. The summed E-state index contributed by atoms with van der Waals surface area (Å²) in [6.45, 7) is 0.989. The molecule has 0 saturated heterocycles. The molecule has 2 aromatic heterocycles. The first-order chi connectivity index (χ1) is 10.8. The van der Waals surface area contributed by atoms with Crippen molar-refractivity contribution in [2.75, 3.05) is 14.2 Å². The number of methoxy groups -OCH3 is 2. The average molecular weight is 311 g/mol. The molecule has 0 spiro atoms. The van der Waals surface area contributed by atoms with E-state index in [4.69, 9.17) is 9.47 Å². The van der Waals surface area contributed by atoms with E-state index in [0.717, 1.165) is 24.5 Å². The number of thiophene rings is 1. The maximum atomic E-state index is 5.66. The minimum absolute atomic E-state index is 0.854. The molecule has 22 heavy (non-hydrogen) atoms. The Morgan fingerprint density at radius 2 is 2.05 bits per heavy atom. The third-order valence-electron chi connectivity index (χ3n) is 4.27. The Kier molecular flexibility index (Phi) is 3.19. The monoisotopic (exact) mass is 311 g/mol. The molecule has 4 rings (SSSR count). The minimum Gasteiger partial charge on any atom is -0.497 e. The molecular weight excluding hydrogens is 294 g/mol. The summed E-state index contributed by atoms with van der Waals surface area (Å²) >= 11 is 1.73. The molecule has 0 atom stereocenters. The van der Waals surface area contributed by atoms with Crippen LogP contribution >= 0.6 is 11.3 Å². The van der Waals surface area contributed by atoms with Gasteiger partial charge in [0.15, 0.2) is 0 Å². The van der Waals surface area contributed by atoms with Crippen LogP contribution in [0.1, 0.15) is 5.56 Å². The molecule has 1 aromatic carbocycles. The van der Waals surface area contributed by atoms with Crippen LogP contribution in [-0.2, 0) is 13.0 Å². The summed E-state index contributed by atoms with van der Waals surface area (Å²) in [4.78, 5) is 0. The van der Waals surface area contributed by atoms with E-state index in [1.807, 2.05) is 6.07 Å². The minimum atomic E-state index is 0.854. The third kappa shape index (κ3) is 1.95. The quantitative estimate of drug-likeness (QED) is 0.713. The van der Waals surface area contributed by atoms with Crippen LogP contribution in [0.15, 0.2) is 41.2 Å². The van der Waals surface area contributed by atoms with Gasteiger partial charge in [0.2, 0.25) is 0 Å². The van der Waals surface area contributed by atoms with Crippen LogP contribution in [-0.4, -0.2) is 18.8 Å². The van der Waals surface area contributed by atoms with Gasteiger partial charge in [0.05, 0.1) is 19.9 Å². The molecule has 0 aliphatic carbocycles. The fourth-order valence-electron chi connectivity index (χ4n) is 3.22. The second-order valence-electron chi connectivity index (χ2n) is 5.40. The highest BCUT2D eigenvalue weighted by atomic mass is 32.1. The van der Waals surface area contributed by atoms with Crippen LogP contribution in [0.2, 0.25) is 0 Å². The van der Waals surface area contributed by atoms with E-state index in [2.05, 4.69) is 39.7 Å². The van der Waals surface area contributed by atoms with Gasteiger partial charge in [-0.05, 0) is 46.5 Å². The number of fused-ring (bicyclic) bond motifs is 3. The van der Waals surface area contributed by atoms with E-state index in [-0.39, 0.29) is 0 Å². The van der Waals surface area contributed by atoms with Crippen LogP contribution in [0.5, 0.6) is 11.5 Å². The molecule has 1 aliphatic heterocycles. The second kappa shape index (κ2) is 5.21. The van der Waals surface area contributed by atoms with Crippen molar-refractivity contribution in [2.45, 2.75) is 13.0 Å². The first-order valence-corrected chi connectivity index (χ1v) is 8.23. The topological polar surface area (TPSA) is 23.4 Å². The van der Waals surface area contributed by atoms with Crippen molar-refractivity contribution in [3.05, 3.63) is 46.8 Å². The maximum Gasteiger partial charge on any atom is 0.132 e. The number of nitrogens with zero attached hydrogens (tertiary/aromatic N) is 1. The standard InChI is InChI=1S/C18H17NO2S/c1-20-14-9-12-3-6-19-7-4-15(13-5-8-22-11-13)18(19)17(12)16(10-14)21-2/h4-5,7-11H,3,6H2,1-2H3. The summed E-state index contributed by atoms with van der Waals surface area (Å²) in [5.74, 6) is 1.73. The van der Waals surface area contributed by atoms with E-state index < -0.39 is 0 Å². The summed E-state index contributed by atoms with van der Waals surface area (Å²) in [6.07, 6.45) is 3.17.